The van der Waals surface area contributed by atoms with Gasteiger partial charge in [0.25, 0.3) is 11.8 Å². The molecule has 0 aliphatic heterocycles. The maximum absolute atomic E-state index is 13.4. The quantitative estimate of drug-likeness (QED) is 0.376. The van der Waals surface area contributed by atoms with Crippen molar-refractivity contribution in [2.75, 3.05) is 7.11 Å². The van der Waals surface area contributed by atoms with Gasteiger partial charge in [-0.3, -0.25) is 9.59 Å². The first-order chi connectivity index (χ1) is 16.6. The van der Waals surface area contributed by atoms with Gasteiger partial charge in [-0.2, -0.15) is 0 Å². The van der Waals surface area contributed by atoms with E-state index in [1.54, 1.807) is 41.7 Å². The fourth-order valence-electron chi connectivity index (χ4n) is 3.46. The maximum atomic E-state index is 13.4. The number of carbonyl (C=O) groups is 2. The minimum absolute atomic E-state index is 0.131. The Morgan fingerprint density at radius 3 is 2.32 bits per heavy atom. The average molecular weight is 472 g/mol. The summed E-state index contributed by atoms with van der Waals surface area (Å²) in [6.07, 6.45) is 0. The predicted molar refractivity (Wildman–Crippen MR) is 133 cm³/mol. The number of nitrogens with zero attached hydrogens (tertiary/aromatic N) is 2. The molecule has 0 aliphatic rings. The topological polar surface area (TPSA) is 71.5 Å². The van der Waals surface area contributed by atoms with Gasteiger partial charge in [0, 0.05) is 24.0 Å². The molecular formula is C27H25N3O3S. The van der Waals surface area contributed by atoms with Gasteiger partial charge in [-0.15, -0.1) is 11.3 Å². The van der Waals surface area contributed by atoms with Crippen molar-refractivity contribution in [3.05, 3.63) is 118 Å². The lowest BCUT2D eigenvalue weighted by molar-refractivity contribution is 0.0729. The Kier molecular flexibility index (Phi) is 7.67. The summed E-state index contributed by atoms with van der Waals surface area (Å²) in [5.74, 6) is 0.255. The third kappa shape index (κ3) is 6.08. The van der Waals surface area contributed by atoms with Crippen LogP contribution in [0.15, 0.2) is 90.3 Å². The predicted octanol–water partition coefficient (Wildman–Crippen LogP) is 4.92. The van der Waals surface area contributed by atoms with E-state index in [1.807, 2.05) is 60.7 Å². The van der Waals surface area contributed by atoms with E-state index in [0.29, 0.717) is 41.6 Å². The molecule has 0 atom stereocenters. The summed E-state index contributed by atoms with van der Waals surface area (Å²) >= 11 is 1.37. The molecule has 0 aliphatic carbocycles. The molecule has 4 rings (SSSR count). The summed E-state index contributed by atoms with van der Waals surface area (Å²) in [7, 11) is 1.57. The number of hydrogen-bond acceptors (Lipinski definition) is 5. The zero-order chi connectivity index (χ0) is 23.8. The first-order valence-electron chi connectivity index (χ1n) is 10.9. The molecule has 0 radical (unpaired) electrons. The van der Waals surface area contributed by atoms with Crippen molar-refractivity contribution in [1.29, 1.82) is 0 Å². The second-order valence-electron chi connectivity index (χ2n) is 7.67. The second kappa shape index (κ2) is 11.2. The first-order valence-corrected chi connectivity index (χ1v) is 11.7. The minimum Gasteiger partial charge on any atom is -0.497 e. The van der Waals surface area contributed by atoms with Crippen molar-refractivity contribution in [3.8, 4) is 5.75 Å². The van der Waals surface area contributed by atoms with Crippen LogP contribution in [0.1, 0.15) is 37.0 Å². The highest BCUT2D eigenvalue weighted by atomic mass is 32.1. The molecule has 0 bridgehead atoms. The summed E-state index contributed by atoms with van der Waals surface area (Å²) in [5.41, 5.74) is 2.91. The van der Waals surface area contributed by atoms with E-state index < -0.39 is 0 Å². The van der Waals surface area contributed by atoms with Gasteiger partial charge in [0.05, 0.1) is 13.7 Å². The number of methoxy groups -OCH3 is 1. The van der Waals surface area contributed by atoms with E-state index in [4.69, 9.17) is 4.74 Å². The zero-order valence-corrected chi connectivity index (χ0v) is 19.6. The molecule has 34 heavy (non-hydrogen) atoms. The van der Waals surface area contributed by atoms with Crippen molar-refractivity contribution in [3.63, 3.8) is 0 Å². The molecule has 3 aromatic carbocycles. The fraction of sp³-hybridized carbons (Fsp3) is 0.148. The SMILES string of the molecule is COc1cccc(C(=O)N(Cc2ccccc2)Cc2nc(C(=O)NCc3ccccc3)cs2)c1. The third-order valence-corrected chi connectivity index (χ3v) is 6.06. The van der Waals surface area contributed by atoms with E-state index in [2.05, 4.69) is 10.3 Å². The molecule has 0 spiro atoms. The van der Waals surface area contributed by atoms with Crippen LogP contribution in [0.25, 0.3) is 0 Å². The highest BCUT2D eigenvalue weighted by Crippen LogP contribution is 2.20. The monoisotopic (exact) mass is 471 g/mol. The Morgan fingerprint density at radius 1 is 0.912 bits per heavy atom. The Hall–Kier alpha value is -3.97. The molecule has 172 valence electrons. The Labute approximate surface area is 202 Å². The van der Waals surface area contributed by atoms with Gasteiger partial charge in [-0.05, 0) is 29.3 Å². The number of thiazole rings is 1. The Morgan fingerprint density at radius 2 is 1.62 bits per heavy atom. The number of hydrogen-bond donors (Lipinski definition) is 1. The number of ether oxygens (including phenoxy) is 1. The Bertz CT molecular complexity index is 1240. The molecule has 1 heterocycles. The van der Waals surface area contributed by atoms with E-state index in [9.17, 15) is 9.59 Å². The highest BCUT2D eigenvalue weighted by molar-refractivity contribution is 7.09. The molecule has 6 nitrogen and oxygen atoms in total. The van der Waals surface area contributed by atoms with Gasteiger partial charge in [0.15, 0.2) is 0 Å². The van der Waals surface area contributed by atoms with Crippen LogP contribution in [-0.2, 0) is 19.6 Å². The van der Waals surface area contributed by atoms with Gasteiger partial charge in [0.2, 0.25) is 0 Å². The smallest absolute Gasteiger partial charge is 0.271 e. The molecule has 1 aromatic heterocycles. The molecule has 1 N–H and O–H groups in total. The molecular weight excluding hydrogens is 446 g/mol. The highest BCUT2D eigenvalue weighted by Gasteiger charge is 2.20. The summed E-state index contributed by atoms with van der Waals surface area (Å²) in [6.45, 7) is 1.15. The van der Waals surface area contributed by atoms with Crippen molar-refractivity contribution in [1.82, 2.24) is 15.2 Å². The normalized spacial score (nSPS) is 10.5. The van der Waals surface area contributed by atoms with Crippen LogP contribution in [-0.4, -0.2) is 28.8 Å². The average Bonchev–Trinajstić information content (AvgIpc) is 3.36. The molecule has 0 saturated heterocycles. The van der Waals surface area contributed by atoms with Crippen LogP contribution in [0.4, 0.5) is 0 Å². The maximum Gasteiger partial charge on any atom is 0.271 e. The van der Waals surface area contributed by atoms with Crippen molar-refractivity contribution < 1.29 is 14.3 Å². The van der Waals surface area contributed by atoms with Gasteiger partial charge >= 0.3 is 0 Å². The van der Waals surface area contributed by atoms with Gasteiger partial charge < -0.3 is 15.0 Å². The van der Waals surface area contributed by atoms with Crippen LogP contribution in [0.5, 0.6) is 5.75 Å². The fourth-order valence-corrected chi connectivity index (χ4v) is 4.25. The lowest BCUT2D eigenvalue weighted by Gasteiger charge is -2.22. The van der Waals surface area contributed by atoms with Crippen LogP contribution in [0, 0.1) is 0 Å². The van der Waals surface area contributed by atoms with E-state index in [-0.39, 0.29) is 11.8 Å². The number of amides is 2. The largest absolute Gasteiger partial charge is 0.497 e. The number of benzene rings is 3. The zero-order valence-electron chi connectivity index (χ0n) is 18.8. The van der Waals surface area contributed by atoms with Crippen LogP contribution >= 0.6 is 11.3 Å². The van der Waals surface area contributed by atoms with Gasteiger partial charge in [-0.25, -0.2) is 4.98 Å². The lowest BCUT2D eigenvalue weighted by Crippen LogP contribution is -2.30. The van der Waals surface area contributed by atoms with Crippen molar-refractivity contribution in [2.24, 2.45) is 0 Å². The third-order valence-electron chi connectivity index (χ3n) is 5.23. The van der Waals surface area contributed by atoms with Crippen LogP contribution < -0.4 is 10.1 Å². The van der Waals surface area contributed by atoms with E-state index >= 15 is 0 Å². The van der Waals surface area contributed by atoms with Gasteiger partial charge in [-0.1, -0.05) is 66.7 Å². The molecule has 0 saturated carbocycles. The summed E-state index contributed by atoms with van der Waals surface area (Å²) in [5, 5.41) is 5.31. The standard InChI is InChI=1S/C27H25N3O3S/c1-33-23-14-8-13-22(15-23)27(32)30(17-21-11-6-3-7-12-21)18-25-29-24(19-34-25)26(31)28-16-20-9-4-2-5-10-20/h2-15,19H,16-18H2,1H3,(H,28,31). The number of carbonyl (C=O) groups excluding carboxylic acids is 2. The van der Waals surface area contributed by atoms with Crippen molar-refractivity contribution in [2.45, 2.75) is 19.6 Å². The molecule has 0 fully saturated rings. The summed E-state index contributed by atoms with van der Waals surface area (Å²) < 4.78 is 5.28. The lowest BCUT2D eigenvalue weighted by atomic mass is 10.1. The van der Waals surface area contributed by atoms with E-state index in [1.165, 1.54) is 11.3 Å². The minimum atomic E-state index is -0.236. The molecule has 7 heteroatoms. The van der Waals surface area contributed by atoms with E-state index in [0.717, 1.165) is 11.1 Å². The summed E-state index contributed by atoms with van der Waals surface area (Å²) in [6, 6.07) is 26.6. The second-order valence-corrected chi connectivity index (χ2v) is 8.62. The van der Waals surface area contributed by atoms with Gasteiger partial charge in [0.1, 0.15) is 16.5 Å². The number of aromatic nitrogens is 1. The van der Waals surface area contributed by atoms with Crippen LogP contribution in [0.2, 0.25) is 0 Å². The molecule has 0 unspecified atom stereocenters. The molecule has 2 amide bonds. The first kappa shape index (κ1) is 23.2. The Balaban J connectivity index is 1.49. The van der Waals surface area contributed by atoms with Crippen LogP contribution in [0.3, 0.4) is 0 Å². The summed E-state index contributed by atoms with van der Waals surface area (Å²) in [4.78, 5) is 32.2. The number of nitrogens with one attached hydrogen (secondary N) is 1. The molecule has 4 aromatic rings. The number of rotatable bonds is 9. The van der Waals surface area contributed by atoms with Crippen molar-refractivity contribution >= 4 is 23.2 Å².